The van der Waals surface area contributed by atoms with E-state index in [9.17, 15) is 9.59 Å². The Morgan fingerprint density at radius 1 is 0.806 bits per heavy atom. The van der Waals surface area contributed by atoms with E-state index in [2.05, 4.69) is 17.6 Å². The summed E-state index contributed by atoms with van der Waals surface area (Å²) in [5, 5.41) is 5.68. The molecule has 2 amide bonds. The van der Waals surface area contributed by atoms with Crippen LogP contribution in [0.25, 0.3) is 0 Å². The van der Waals surface area contributed by atoms with E-state index in [-0.39, 0.29) is 18.4 Å². The second-order valence-corrected chi connectivity index (χ2v) is 7.48. The van der Waals surface area contributed by atoms with Crippen LogP contribution in [0.2, 0.25) is 0 Å². The Morgan fingerprint density at radius 3 is 2.06 bits per heavy atom. The molecule has 0 fully saturated rings. The van der Waals surface area contributed by atoms with Crippen molar-refractivity contribution in [2.45, 2.75) is 33.1 Å². The van der Waals surface area contributed by atoms with Crippen LogP contribution < -0.4 is 15.4 Å². The number of rotatable bonds is 9. The summed E-state index contributed by atoms with van der Waals surface area (Å²) >= 11 is 0. The van der Waals surface area contributed by atoms with Crippen LogP contribution in [-0.2, 0) is 11.2 Å². The summed E-state index contributed by atoms with van der Waals surface area (Å²) < 4.78 is 5.54. The van der Waals surface area contributed by atoms with Crippen molar-refractivity contribution in [1.29, 1.82) is 0 Å². The highest BCUT2D eigenvalue weighted by Crippen LogP contribution is 2.16. The molecule has 0 aliphatic rings. The maximum Gasteiger partial charge on any atom is 0.262 e. The number of carbonyl (C=O) groups excluding carboxylic acids is 2. The first-order valence-corrected chi connectivity index (χ1v) is 10.5. The molecule has 0 saturated carbocycles. The lowest BCUT2D eigenvalue weighted by Gasteiger charge is -2.09. The van der Waals surface area contributed by atoms with Crippen LogP contribution in [0.15, 0.2) is 72.8 Å². The topological polar surface area (TPSA) is 67.4 Å². The highest BCUT2D eigenvalue weighted by Gasteiger charge is 2.08. The summed E-state index contributed by atoms with van der Waals surface area (Å²) in [6, 6.07) is 22.2. The minimum absolute atomic E-state index is 0.105. The SMILES string of the molecule is CCCCc1ccc(NC(=O)COc2ccc(C(=O)Nc3ccc(C)cc3)cc2)cc1. The predicted molar refractivity (Wildman–Crippen MR) is 125 cm³/mol. The second-order valence-electron chi connectivity index (χ2n) is 7.48. The number of unbranched alkanes of at least 4 members (excludes halogenated alkanes) is 1. The van der Waals surface area contributed by atoms with Crippen molar-refractivity contribution in [3.63, 3.8) is 0 Å². The van der Waals surface area contributed by atoms with E-state index < -0.39 is 0 Å². The molecule has 0 aliphatic heterocycles. The Balaban J connectivity index is 1.46. The minimum atomic E-state index is -0.234. The normalized spacial score (nSPS) is 10.4. The van der Waals surface area contributed by atoms with E-state index in [1.807, 2.05) is 55.5 Å². The molecule has 0 aromatic heterocycles. The highest BCUT2D eigenvalue weighted by molar-refractivity contribution is 6.04. The van der Waals surface area contributed by atoms with E-state index in [0.29, 0.717) is 11.3 Å². The lowest BCUT2D eigenvalue weighted by Crippen LogP contribution is -2.20. The minimum Gasteiger partial charge on any atom is -0.484 e. The van der Waals surface area contributed by atoms with Gasteiger partial charge in [0, 0.05) is 16.9 Å². The molecule has 5 nitrogen and oxygen atoms in total. The number of benzene rings is 3. The first-order valence-electron chi connectivity index (χ1n) is 10.5. The molecule has 0 radical (unpaired) electrons. The zero-order chi connectivity index (χ0) is 22.1. The fourth-order valence-corrected chi connectivity index (χ4v) is 3.02. The quantitative estimate of drug-likeness (QED) is 0.477. The number of ether oxygens (including phenoxy) is 1. The number of aryl methyl sites for hydroxylation is 2. The van der Waals surface area contributed by atoms with Gasteiger partial charge in [0.15, 0.2) is 6.61 Å². The van der Waals surface area contributed by atoms with E-state index in [0.717, 1.165) is 36.2 Å². The largest absolute Gasteiger partial charge is 0.484 e. The molecule has 31 heavy (non-hydrogen) atoms. The number of amides is 2. The summed E-state index contributed by atoms with van der Waals surface area (Å²) in [7, 11) is 0. The molecule has 0 bridgehead atoms. The molecule has 0 saturated heterocycles. The molecule has 5 heteroatoms. The van der Waals surface area contributed by atoms with E-state index in [4.69, 9.17) is 4.74 Å². The van der Waals surface area contributed by atoms with Gasteiger partial charge in [0.1, 0.15) is 5.75 Å². The lowest BCUT2D eigenvalue weighted by atomic mass is 10.1. The van der Waals surface area contributed by atoms with Gasteiger partial charge in [0.2, 0.25) is 0 Å². The molecule has 3 rings (SSSR count). The Kier molecular flexibility index (Phi) is 7.82. The van der Waals surface area contributed by atoms with Gasteiger partial charge >= 0.3 is 0 Å². The standard InChI is InChI=1S/C26H28N2O3/c1-3-4-5-20-8-14-22(15-9-20)27-25(29)18-31-24-16-10-21(11-17-24)26(30)28-23-12-6-19(2)7-13-23/h6-17H,3-5,18H2,1-2H3,(H,27,29)(H,28,30). The molecule has 2 N–H and O–H groups in total. The van der Waals surface area contributed by atoms with Crippen LogP contribution in [0.5, 0.6) is 5.75 Å². The maximum atomic E-state index is 12.3. The van der Waals surface area contributed by atoms with E-state index >= 15 is 0 Å². The molecular weight excluding hydrogens is 388 g/mol. The third-order valence-corrected chi connectivity index (χ3v) is 4.85. The number of hydrogen-bond acceptors (Lipinski definition) is 3. The zero-order valence-corrected chi connectivity index (χ0v) is 18.0. The maximum absolute atomic E-state index is 12.3. The van der Waals surface area contributed by atoms with Gasteiger partial charge in [-0.25, -0.2) is 0 Å². The number of anilines is 2. The van der Waals surface area contributed by atoms with Crippen molar-refractivity contribution in [2.24, 2.45) is 0 Å². The van der Waals surface area contributed by atoms with Gasteiger partial charge in [-0.15, -0.1) is 0 Å². The van der Waals surface area contributed by atoms with Crippen LogP contribution in [-0.4, -0.2) is 18.4 Å². The first kappa shape index (κ1) is 22.1. The van der Waals surface area contributed by atoms with E-state index in [1.54, 1.807) is 24.3 Å². The Morgan fingerprint density at radius 2 is 1.42 bits per heavy atom. The van der Waals surface area contributed by atoms with Crippen LogP contribution in [0.4, 0.5) is 11.4 Å². The van der Waals surface area contributed by atoms with Crippen molar-refractivity contribution in [3.8, 4) is 5.75 Å². The average molecular weight is 417 g/mol. The average Bonchev–Trinajstić information content (AvgIpc) is 2.79. The number of carbonyl (C=O) groups is 2. The molecule has 3 aromatic carbocycles. The van der Waals surface area contributed by atoms with E-state index in [1.165, 1.54) is 5.56 Å². The van der Waals surface area contributed by atoms with Gasteiger partial charge in [-0.05, 0) is 73.9 Å². The summed E-state index contributed by atoms with van der Waals surface area (Å²) in [6.07, 6.45) is 3.37. The van der Waals surface area contributed by atoms with Crippen molar-refractivity contribution < 1.29 is 14.3 Å². The molecule has 3 aromatic rings. The first-order chi connectivity index (χ1) is 15.0. The Labute approximate surface area is 183 Å². The van der Waals surface area contributed by atoms with Crippen LogP contribution in [0.3, 0.4) is 0 Å². The Hall–Kier alpha value is -3.60. The molecular formula is C26H28N2O3. The van der Waals surface area contributed by atoms with Crippen molar-refractivity contribution >= 4 is 23.2 Å². The molecule has 0 atom stereocenters. The smallest absolute Gasteiger partial charge is 0.262 e. The molecule has 0 heterocycles. The zero-order valence-electron chi connectivity index (χ0n) is 18.0. The van der Waals surface area contributed by atoms with Crippen LogP contribution in [0.1, 0.15) is 41.3 Å². The van der Waals surface area contributed by atoms with Crippen molar-refractivity contribution in [1.82, 2.24) is 0 Å². The van der Waals surface area contributed by atoms with Gasteiger partial charge in [-0.3, -0.25) is 9.59 Å². The van der Waals surface area contributed by atoms with Crippen LogP contribution in [0, 0.1) is 6.92 Å². The second kappa shape index (κ2) is 11.0. The highest BCUT2D eigenvalue weighted by atomic mass is 16.5. The fraction of sp³-hybridized carbons (Fsp3) is 0.231. The van der Waals surface area contributed by atoms with Gasteiger partial charge in [-0.1, -0.05) is 43.2 Å². The summed E-state index contributed by atoms with van der Waals surface area (Å²) in [4.78, 5) is 24.5. The third-order valence-electron chi connectivity index (χ3n) is 4.85. The fourth-order valence-electron chi connectivity index (χ4n) is 3.02. The van der Waals surface area contributed by atoms with Crippen LogP contribution >= 0.6 is 0 Å². The molecule has 0 spiro atoms. The summed E-state index contributed by atoms with van der Waals surface area (Å²) in [5.74, 6) is 0.0926. The predicted octanol–water partition coefficient (Wildman–Crippen LogP) is 5.61. The van der Waals surface area contributed by atoms with Gasteiger partial charge < -0.3 is 15.4 Å². The van der Waals surface area contributed by atoms with Crippen molar-refractivity contribution in [3.05, 3.63) is 89.5 Å². The van der Waals surface area contributed by atoms with Gasteiger partial charge in [0.25, 0.3) is 11.8 Å². The summed E-state index contributed by atoms with van der Waals surface area (Å²) in [6.45, 7) is 4.06. The lowest BCUT2D eigenvalue weighted by molar-refractivity contribution is -0.118. The van der Waals surface area contributed by atoms with Gasteiger partial charge in [-0.2, -0.15) is 0 Å². The molecule has 0 aliphatic carbocycles. The monoisotopic (exact) mass is 416 g/mol. The number of nitrogens with one attached hydrogen (secondary N) is 2. The number of hydrogen-bond donors (Lipinski definition) is 2. The Bertz CT molecular complexity index is 994. The van der Waals surface area contributed by atoms with Crippen molar-refractivity contribution in [2.75, 3.05) is 17.2 Å². The molecule has 0 unspecified atom stereocenters. The third kappa shape index (κ3) is 7.00. The van der Waals surface area contributed by atoms with Gasteiger partial charge in [0.05, 0.1) is 0 Å². The molecule has 160 valence electrons. The summed E-state index contributed by atoms with van der Waals surface area (Å²) in [5.41, 5.74) is 4.40.